The van der Waals surface area contributed by atoms with Crippen LogP contribution in [0.3, 0.4) is 0 Å². The van der Waals surface area contributed by atoms with E-state index < -0.39 is 6.10 Å². The van der Waals surface area contributed by atoms with Gasteiger partial charge in [-0.05, 0) is 36.8 Å². The maximum Gasteiger partial charge on any atom is 0.262 e. The Labute approximate surface area is 167 Å². The van der Waals surface area contributed by atoms with Gasteiger partial charge in [-0.25, -0.2) is 4.98 Å². The zero-order chi connectivity index (χ0) is 19.9. The van der Waals surface area contributed by atoms with Gasteiger partial charge in [-0.3, -0.25) is 9.36 Å². The number of rotatable bonds is 8. The van der Waals surface area contributed by atoms with Crippen LogP contribution in [0.1, 0.15) is 12.5 Å². The van der Waals surface area contributed by atoms with Crippen molar-refractivity contribution in [3.05, 3.63) is 64.4 Å². The van der Waals surface area contributed by atoms with Gasteiger partial charge in [0, 0.05) is 12.3 Å². The SMILES string of the molecule is CCn1c(SC[C@H](O)COc2ccc(CC#N)cc2)nc2ccccc2c1=O. The third-order valence-electron chi connectivity index (χ3n) is 4.20. The number of fused-ring (bicyclic) bond motifs is 1. The summed E-state index contributed by atoms with van der Waals surface area (Å²) in [5.74, 6) is 0.997. The summed E-state index contributed by atoms with van der Waals surface area (Å²) in [6, 6.07) is 16.6. The van der Waals surface area contributed by atoms with Crippen molar-refractivity contribution in [3.8, 4) is 11.8 Å². The Balaban J connectivity index is 1.62. The lowest BCUT2D eigenvalue weighted by molar-refractivity contribution is 0.126. The first-order valence-electron chi connectivity index (χ1n) is 9.01. The number of para-hydroxylation sites is 1. The van der Waals surface area contributed by atoms with Crippen molar-refractivity contribution >= 4 is 22.7 Å². The van der Waals surface area contributed by atoms with Crippen molar-refractivity contribution in [2.45, 2.75) is 31.1 Å². The van der Waals surface area contributed by atoms with Crippen LogP contribution in [0.5, 0.6) is 5.75 Å². The maximum atomic E-state index is 12.6. The highest BCUT2D eigenvalue weighted by Gasteiger charge is 2.13. The molecule has 0 aliphatic carbocycles. The Morgan fingerprint density at radius 2 is 2.00 bits per heavy atom. The zero-order valence-corrected chi connectivity index (χ0v) is 16.4. The molecule has 0 saturated carbocycles. The molecule has 2 aromatic carbocycles. The minimum Gasteiger partial charge on any atom is -0.491 e. The molecule has 7 heteroatoms. The zero-order valence-electron chi connectivity index (χ0n) is 15.5. The molecule has 0 bridgehead atoms. The highest BCUT2D eigenvalue weighted by Crippen LogP contribution is 2.19. The fourth-order valence-corrected chi connectivity index (χ4v) is 3.71. The molecule has 3 aromatic rings. The minimum absolute atomic E-state index is 0.0706. The van der Waals surface area contributed by atoms with E-state index in [9.17, 15) is 9.90 Å². The monoisotopic (exact) mass is 395 g/mol. The Bertz CT molecular complexity index is 1040. The second kappa shape index (κ2) is 9.40. The molecule has 1 N–H and O–H groups in total. The van der Waals surface area contributed by atoms with Gasteiger partial charge in [0.15, 0.2) is 5.16 Å². The van der Waals surface area contributed by atoms with Gasteiger partial charge in [-0.15, -0.1) is 0 Å². The van der Waals surface area contributed by atoms with Crippen molar-refractivity contribution in [2.75, 3.05) is 12.4 Å². The lowest BCUT2D eigenvalue weighted by atomic mass is 10.2. The summed E-state index contributed by atoms with van der Waals surface area (Å²) in [7, 11) is 0. The molecule has 0 radical (unpaired) electrons. The highest BCUT2D eigenvalue weighted by atomic mass is 32.2. The average Bonchev–Trinajstić information content (AvgIpc) is 2.72. The molecule has 0 saturated heterocycles. The number of hydrogen-bond acceptors (Lipinski definition) is 6. The van der Waals surface area contributed by atoms with Crippen molar-refractivity contribution < 1.29 is 9.84 Å². The molecule has 28 heavy (non-hydrogen) atoms. The number of aliphatic hydroxyl groups excluding tert-OH is 1. The van der Waals surface area contributed by atoms with Crippen LogP contribution in [0.25, 0.3) is 10.9 Å². The molecule has 0 amide bonds. The summed E-state index contributed by atoms with van der Waals surface area (Å²) in [4.78, 5) is 17.2. The topological polar surface area (TPSA) is 88.1 Å². The summed E-state index contributed by atoms with van der Waals surface area (Å²) in [5, 5.41) is 20.1. The molecular weight excluding hydrogens is 374 g/mol. The van der Waals surface area contributed by atoms with Gasteiger partial charge in [-0.2, -0.15) is 5.26 Å². The largest absolute Gasteiger partial charge is 0.491 e. The van der Waals surface area contributed by atoms with Crippen LogP contribution in [0.4, 0.5) is 0 Å². The van der Waals surface area contributed by atoms with Gasteiger partial charge in [0.05, 0.1) is 29.5 Å². The summed E-state index contributed by atoms with van der Waals surface area (Å²) in [6.45, 7) is 2.55. The van der Waals surface area contributed by atoms with E-state index in [2.05, 4.69) is 11.1 Å². The molecule has 3 rings (SSSR count). The van der Waals surface area contributed by atoms with Crippen LogP contribution < -0.4 is 10.3 Å². The first-order valence-corrected chi connectivity index (χ1v) is 10.00. The minimum atomic E-state index is -0.711. The lowest BCUT2D eigenvalue weighted by Gasteiger charge is -2.14. The number of aromatic nitrogens is 2. The molecule has 0 aliphatic heterocycles. The van der Waals surface area contributed by atoms with Gasteiger partial charge in [0.25, 0.3) is 5.56 Å². The predicted octanol–water partition coefficient (Wildman–Crippen LogP) is 3.01. The van der Waals surface area contributed by atoms with E-state index >= 15 is 0 Å². The summed E-state index contributed by atoms with van der Waals surface area (Å²) in [5.41, 5.74) is 1.51. The number of ether oxygens (including phenoxy) is 1. The normalized spacial score (nSPS) is 11.9. The van der Waals surface area contributed by atoms with Gasteiger partial charge in [-0.1, -0.05) is 36.0 Å². The van der Waals surface area contributed by atoms with E-state index in [1.807, 2.05) is 37.3 Å². The third-order valence-corrected chi connectivity index (χ3v) is 5.32. The number of hydrogen-bond donors (Lipinski definition) is 1. The predicted molar refractivity (Wildman–Crippen MR) is 110 cm³/mol. The fraction of sp³-hybridized carbons (Fsp3) is 0.286. The molecule has 0 spiro atoms. The summed E-state index contributed by atoms with van der Waals surface area (Å²) < 4.78 is 7.22. The average molecular weight is 395 g/mol. The smallest absolute Gasteiger partial charge is 0.262 e. The van der Waals surface area contributed by atoms with Crippen molar-refractivity contribution in [1.82, 2.24) is 9.55 Å². The molecule has 0 fully saturated rings. The van der Waals surface area contributed by atoms with Gasteiger partial charge in [0.1, 0.15) is 12.4 Å². The Hall–Kier alpha value is -2.82. The summed E-state index contributed by atoms with van der Waals surface area (Å²) >= 11 is 1.34. The molecule has 1 heterocycles. The number of thioether (sulfide) groups is 1. The van der Waals surface area contributed by atoms with Gasteiger partial charge < -0.3 is 9.84 Å². The molecular formula is C21H21N3O3S. The van der Waals surface area contributed by atoms with Crippen LogP contribution in [-0.2, 0) is 13.0 Å². The Morgan fingerprint density at radius 3 is 2.71 bits per heavy atom. The van der Waals surface area contributed by atoms with E-state index in [4.69, 9.17) is 10.00 Å². The quantitative estimate of drug-likeness (QED) is 0.466. The summed E-state index contributed by atoms with van der Waals surface area (Å²) in [6.07, 6.45) is -0.352. The van der Waals surface area contributed by atoms with Crippen LogP contribution in [0.15, 0.2) is 58.5 Å². The van der Waals surface area contributed by atoms with Gasteiger partial charge >= 0.3 is 0 Å². The second-order valence-corrected chi connectivity index (χ2v) is 7.20. The van der Waals surface area contributed by atoms with E-state index in [1.165, 1.54) is 11.8 Å². The van der Waals surface area contributed by atoms with Crippen molar-refractivity contribution in [1.29, 1.82) is 5.26 Å². The van der Waals surface area contributed by atoms with Gasteiger partial charge in [0.2, 0.25) is 0 Å². The van der Waals surface area contributed by atoms with Crippen molar-refractivity contribution in [2.24, 2.45) is 0 Å². The number of nitrogens with zero attached hydrogens (tertiary/aromatic N) is 3. The standard InChI is InChI=1S/C21H21N3O3S/c1-2-24-20(26)18-5-3-4-6-19(18)23-21(24)28-14-16(25)13-27-17-9-7-15(8-10-17)11-12-22/h3-10,16,25H,2,11,13-14H2,1H3/t16-/m1/s1. The molecule has 6 nitrogen and oxygen atoms in total. The van der Waals surface area contributed by atoms with Crippen LogP contribution in [-0.4, -0.2) is 33.1 Å². The Kier molecular flexibility index (Phi) is 6.69. The van der Waals surface area contributed by atoms with Crippen LogP contribution in [0.2, 0.25) is 0 Å². The fourth-order valence-electron chi connectivity index (χ4n) is 2.74. The van der Waals surface area contributed by atoms with Crippen LogP contribution >= 0.6 is 11.8 Å². The Morgan fingerprint density at radius 1 is 1.25 bits per heavy atom. The van der Waals surface area contributed by atoms with E-state index in [1.54, 1.807) is 22.8 Å². The van der Waals surface area contributed by atoms with E-state index in [-0.39, 0.29) is 12.2 Å². The first-order chi connectivity index (χ1) is 13.6. The second-order valence-electron chi connectivity index (χ2n) is 6.22. The van der Waals surface area contributed by atoms with Crippen molar-refractivity contribution in [3.63, 3.8) is 0 Å². The highest BCUT2D eigenvalue weighted by molar-refractivity contribution is 7.99. The third kappa shape index (κ3) is 4.71. The molecule has 144 valence electrons. The molecule has 0 unspecified atom stereocenters. The first kappa shape index (κ1) is 19.9. The lowest BCUT2D eigenvalue weighted by Crippen LogP contribution is -2.24. The molecule has 1 atom stereocenters. The number of benzene rings is 2. The maximum absolute atomic E-state index is 12.6. The van der Waals surface area contributed by atoms with E-state index in [0.29, 0.717) is 40.5 Å². The number of nitriles is 1. The van der Waals surface area contributed by atoms with E-state index in [0.717, 1.165) is 5.56 Å². The number of aliphatic hydroxyl groups is 1. The van der Waals surface area contributed by atoms with Crippen LogP contribution in [0, 0.1) is 11.3 Å². The molecule has 0 aliphatic rings. The molecule has 1 aromatic heterocycles.